The number of rotatable bonds is 3. The number of fused-ring (bicyclic) bond motifs is 1. The predicted molar refractivity (Wildman–Crippen MR) is 89.9 cm³/mol. The molecule has 4 rings (SSSR count). The fraction of sp³-hybridized carbons (Fsp3) is 0.111. The molecule has 2 aromatic carbocycles. The summed E-state index contributed by atoms with van der Waals surface area (Å²) in [6.07, 6.45) is 0. The lowest BCUT2D eigenvalue weighted by atomic mass is 10.2. The number of aryl methyl sites for hydroxylation is 1. The molecule has 2 aromatic heterocycles. The van der Waals surface area contributed by atoms with E-state index in [1.54, 1.807) is 7.11 Å². The molecule has 2 heterocycles. The number of benzene rings is 2. The number of hydrogen-bond acceptors (Lipinski definition) is 3. The van der Waals surface area contributed by atoms with Crippen LogP contribution in [0, 0.1) is 6.92 Å². The summed E-state index contributed by atoms with van der Waals surface area (Å²) in [4.78, 5) is 8.12. The first kappa shape index (κ1) is 13.6. The Hall–Kier alpha value is -3.08. The average molecular weight is 304 g/mol. The van der Waals surface area contributed by atoms with Crippen molar-refractivity contribution in [3.05, 3.63) is 60.3 Å². The van der Waals surface area contributed by atoms with Gasteiger partial charge in [-0.25, -0.2) is 9.67 Å². The molecule has 0 radical (unpaired) electrons. The molecule has 0 spiro atoms. The molecule has 1 N–H and O–H groups in total. The third-order valence-corrected chi connectivity index (χ3v) is 3.86. The van der Waals surface area contributed by atoms with Crippen molar-refractivity contribution in [2.75, 3.05) is 7.11 Å². The second-order valence-corrected chi connectivity index (χ2v) is 5.32. The quantitative estimate of drug-likeness (QED) is 0.627. The molecule has 0 aliphatic carbocycles. The van der Waals surface area contributed by atoms with Crippen molar-refractivity contribution in [2.45, 2.75) is 6.92 Å². The van der Waals surface area contributed by atoms with Crippen LogP contribution in [0.15, 0.2) is 54.6 Å². The van der Waals surface area contributed by atoms with E-state index in [-0.39, 0.29) is 0 Å². The van der Waals surface area contributed by atoms with Crippen molar-refractivity contribution >= 4 is 11.2 Å². The average Bonchev–Trinajstić information content (AvgIpc) is 3.16. The van der Waals surface area contributed by atoms with Crippen molar-refractivity contribution in [1.29, 1.82) is 0 Å². The van der Waals surface area contributed by atoms with Crippen LogP contribution in [0.25, 0.3) is 28.2 Å². The Kier molecular flexibility index (Phi) is 3.12. The van der Waals surface area contributed by atoms with E-state index in [4.69, 9.17) is 9.72 Å². The van der Waals surface area contributed by atoms with E-state index in [0.29, 0.717) is 0 Å². The highest BCUT2D eigenvalue weighted by Crippen LogP contribution is 2.30. The standard InChI is InChI=1S/C18H16N4O/c1-12-16-18(22(21-12)13-8-4-3-5-9-13)20-17(19-16)14-10-6-7-11-15(14)23-2/h3-11H,1-2H3,(H,19,20). The number of ether oxygens (including phenoxy) is 1. The first-order chi connectivity index (χ1) is 11.3. The Morgan fingerprint density at radius 1 is 1.00 bits per heavy atom. The van der Waals surface area contributed by atoms with Gasteiger partial charge in [-0.2, -0.15) is 5.10 Å². The van der Waals surface area contributed by atoms with E-state index in [1.807, 2.05) is 66.2 Å². The molecule has 5 nitrogen and oxygen atoms in total. The molecular formula is C18H16N4O. The summed E-state index contributed by atoms with van der Waals surface area (Å²) >= 11 is 0. The number of imidazole rings is 1. The maximum Gasteiger partial charge on any atom is 0.181 e. The second-order valence-electron chi connectivity index (χ2n) is 5.32. The lowest BCUT2D eigenvalue weighted by Crippen LogP contribution is -1.97. The smallest absolute Gasteiger partial charge is 0.181 e. The van der Waals surface area contributed by atoms with Crippen LogP contribution in [0.5, 0.6) is 5.75 Å². The summed E-state index contributed by atoms with van der Waals surface area (Å²) in [7, 11) is 1.67. The number of nitrogens with one attached hydrogen (secondary N) is 1. The summed E-state index contributed by atoms with van der Waals surface area (Å²) in [5.74, 6) is 1.57. The minimum Gasteiger partial charge on any atom is -0.496 e. The summed E-state index contributed by atoms with van der Waals surface area (Å²) in [6, 6.07) is 17.8. The fourth-order valence-electron chi connectivity index (χ4n) is 2.73. The fourth-order valence-corrected chi connectivity index (χ4v) is 2.73. The van der Waals surface area contributed by atoms with Crippen LogP contribution in [0.4, 0.5) is 0 Å². The number of aromatic nitrogens is 4. The molecule has 114 valence electrons. The van der Waals surface area contributed by atoms with Gasteiger partial charge in [-0.15, -0.1) is 0 Å². The molecule has 0 aliphatic rings. The van der Waals surface area contributed by atoms with E-state index in [0.717, 1.165) is 39.7 Å². The summed E-state index contributed by atoms with van der Waals surface area (Å²) < 4.78 is 7.30. The van der Waals surface area contributed by atoms with E-state index < -0.39 is 0 Å². The first-order valence-electron chi connectivity index (χ1n) is 7.42. The van der Waals surface area contributed by atoms with Gasteiger partial charge < -0.3 is 9.72 Å². The van der Waals surface area contributed by atoms with Gasteiger partial charge in [-0.05, 0) is 31.2 Å². The lowest BCUT2D eigenvalue weighted by Gasteiger charge is -2.05. The zero-order valence-corrected chi connectivity index (χ0v) is 12.9. The third-order valence-electron chi connectivity index (χ3n) is 3.86. The van der Waals surface area contributed by atoms with Crippen molar-refractivity contribution < 1.29 is 4.74 Å². The third kappa shape index (κ3) is 2.17. The van der Waals surface area contributed by atoms with Crippen molar-refractivity contribution in [3.63, 3.8) is 0 Å². The second kappa shape index (κ2) is 5.28. The number of nitrogens with zero attached hydrogens (tertiary/aromatic N) is 3. The Labute approximate surface area is 133 Å². The molecular weight excluding hydrogens is 288 g/mol. The van der Waals surface area contributed by atoms with Gasteiger partial charge >= 0.3 is 0 Å². The monoisotopic (exact) mass is 304 g/mol. The minimum atomic E-state index is 0.780. The molecule has 0 saturated heterocycles. The van der Waals surface area contributed by atoms with Gasteiger partial charge in [0.05, 0.1) is 24.1 Å². The summed E-state index contributed by atoms with van der Waals surface area (Å²) in [6.45, 7) is 1.98. The topological polar surface area (TPSA) is 55.7 Å². The first-order valence-corrected chi connectivity index (χ1v) is 7.42. The van der Waals surface area contributed by atoms with Crippen LogP contribution in [0.2, 0.25) is 0 Å². The minimum absolute atomic E-state index is 0.780. The summed E-state index contributed by atoms with van der Waals surface area (Å²) in [5, 5.41) is 4.59. The van der Waals surface area contributed by atoms with Crippen LogP contribution < -0.4 is 4.74 Å². The molecule has 0 atom stereocenters. The Morgan fingerprint density at radius 3 is 2.52 bits per heavy atom. The predicted octanol–water partition coefficient (Wildman–Crippen LogP) is 3.73. The molecule has 4 aromatic rings. The van der Waals surface area contributed by atoms with E-state index in [9.17, 15) is 0 Å². The van der Waals surface area contributed by atoms with Gasteiger partial charge in [0.15, 0.2) is 5.65 Å². The maximum atomic E-state index is 5.43. The highest BCUT2D eigenvalue weighted by molar-refractivity contribution is 5.81. The van der Waals surface area contributed by atoms with Crippen LogP contribution in [-0.4, -0.2) is 26.9 Å². The van der Waals surface area contributed by atoms with Gasteiger partial charge in [0.2, 0.25) is 0 Å². The highest BCUT2D eigenvalue weighted by atomic mass is 16.5. The molecule has 0 bridgehead atoms. The van der Waals surface area contributed by atoms with E-state index in [2.05, 4.69) is 10.1 Å². The number of methoxy groups -OCH3 is 1. The van der Waals surface area contributed by atoms with Gasteiger partial charge in [0.25, 0.3) is 0 Å². The highest BCUT2D eigenvalue weighted by Gasteiger charge is 2.16. The van der Waals surface area contributed by atoms with E-state index in [1.165, 1.54) is 0 Å². The molecule has 0 amide bonds. The molecule has 0 saturated carbocycles. The van der Waals surface area contributed by atoms with Crippen LogP contribution in [0.1, 0.15) is 5.69 Å². The number of hydrogen-bond donors (Lipinski definition) is 1. The molecule has 5 heteroatoms. The van der Waals surface area contributed by atoms with Gasteiger partial charge in [0.1, 0.15) is 17.1 Å². The lowest BCUT2D eigenvalue weighted by molar-refractivity contribution is 0.416. The van der Waals surface area contributed by atoms with Crippen LogP contribution in [0.3, 0.4) is 0 Å². The number of aromatic amines is 1. The largest absolute Gasteiger partial charge is 0.496 e. The van der Waals surface area contributed by atoms with Crippen LogP contribution >= 0.6 is 0 Å². The Morgan fingerprint density at radius 2 is 1.74 bits per heavy atom. The van der Waals surface area contributed by atoms with Crippen LogP contribution in [-0.2, 0) is 0 Å². The molecule has 23 heavy (non-hydrogen) atoms. The number of H-pyrrole nitrogens is 1. The summed E-state index contributed by atoms with van der Waals surface area (Å²) in [5.41, 5.74) is 4.59. The zero-order valence-electron chi connectivity index (χ0n) is 12.9. The van der Waals surface area contributed by atoms with Gasteiger partial charge in [-0.3, -0.25) is 0 Å². The Bertz CT molecular complexity index is 969. The van der Waals surface area contributed by atoms with E-state index >= 15 is 0 Å². The van der Waals surface area contributed by atoms with Crippen molar-refractivity contribution in [2.24, 2.45) is 0 Å². The maximum absolute atomic E-state index is 5.43. The Balaban J connectivity index is 1.92. The molecule has 0 fully saturated rings. The number of para-hydroxylation sites is 2. The molecule has 0 aliphatic heterocycles. The van der Waals surface area contributed by atoms with Gasteiger partial charge in [-0.1, -0.05) is 30.3 Å². The zero-order chi connectivity index (χ0) is 15.8. The SMILES string of the molecule is COc1ccccc1-c1nc2c([nH]1)c(C)nn2-c1ccccc1. The molecule has 0 unspecified atom stereocenters. The van der Waals surface area contributed by atoms with Gasteiger partial charge in [0, 0.05) is 0 Å². The van der Waals surface area contributed by atoms with Crippen molar-refractivity contribution in [3.8, 4) is 22.8 Å². The normalized spacial score (nSPS) is 11.0. The van der Waals surface area contributed by atoms with Crippen molar-refractivity contribution in [1.82, 2.24) is 19.7 Å².